The van der Waals surface area contributed by atoms with Gasteiger partial charge in [0.05, 0.1) is 0 Å². The average Bonchev–Trinajstić information content (AvgIpc) is 2.76. The first kappa shape index (κ1) is 11.1. The molecule has 0 radical (unpaired) electrons. The van der Waals surface area contributed by atoms with Crippen LogP contribution in [0.15, 0.2) is 30.5 Å². The number of halogens is 1. The minimum Gasteiger partial charge on any atom is -0.361 e. The lowest BCUT2D eigenvalue weighted by molar-refractivity contribution is 0.159. The van der Waals surface area contributed by atoms with Crippen molar-refractivity contribution in [3.63, 3.8) is 0 Å². The number of nitrogens with two attached hydrogens (primary N) is 1. The lowest BCUT2D eigenvalue weighted by atomic mass is 9.90. The van der Waals surface area contributed by atoms with Crippen molar-refractivity contribution in [2.24, 2.45) is 5.73 Å². The highest BCUT2D eigenvalue weighted by Crippen LogP contribution is 2.31. The van der Waals surface area contributed by atoms with Crippen molar-refractivity contribution in [2.75, 3.05) is 6.54 Å². The molecule has 1 aromatic carbocycles. The first-order chi connectivity index (χ1) is 7.69. The van der Waals surface area contributed by atoms with Gasteiger partial charge >= 0.3 is 0 Å². The van der Waals surface area contributed by atoms with Gasteiger partial charge in [0.1, 0.15) is 5.67 Å². The Labute approximate surface area is 94.7 Å². The second-order valence-corrected chi connectivity index (χ2v) is 4.20. The molecule has 86 valence electrons. The van der Waals surface area contributed by atoms with Crippen molar-refractivity contribution in [3.8, 4) is 0 Å². The van der Waals surface area contributed by atoms with Gasteiger partial charge in [0, 0.05) is 18.3 Å². The third-order valence-corrected chi connectivity index (χ3v) is 3.04. The van der Waals surface area contributed by atoms with E-state index in [2.05, 4.69) is 4.98 Å². The predicted molar refractivity (Wildman–Crippen MR) is 65.0 cm³/mol. The van der Waals surface area contributed by atoms with E-state index in [4.69, 9.17) is 5.73 Å². The maximum absolute atomic E-state index is 14.6. The zero-order valence-electron chi connectivity index (χ0n) is 9.46. The number of aromatic amines is 1. The van der Waals surface area contributed by atoms with Gasteiger partial charge in [-0.25, -0.2) is 4.39 Å². The van der Waals surface area contributed by atoms with Crippen LogP contribution >= 0.6 is 0 Å². The first-order valence-corrected chi connectivity index (χ1v) is 5.66. The van der Waals surface area contributed by atoms with Gasteiger partial charge in [-0.05, 0) is 35.6 Å². The van der Waals surface area contributed by atoms with Crippen LogP contribution in [0.3, 0.4) is 0 Å². The minimum absolute atomic E-state index is 0.0385. The molecular weight excluding hydrogens is 203 g/mol. The van der Waals surface area contributed by atoms with Crippen LogP contribution in [-0.4, -0.2) is 11.5 Å². The Kier molecular flexibility index (Phi) is 2.97. The fourth-order valence-electron chi connectivity index (χ4n) is 2.09. The summed E-state index contributed by atoms with van der Waals surface area (Å²) < 4.78 is 14.6. The van der Waals surface area contributed by atoms with Crippen molar-refractivity contribution < 1.29 is 4.39 Å². The zero-order chi connectivity index (χ0) is 11.6. The monoisotopic (exact) mass is 220 g/mol. The summed E-state index contributed by atoms with van der Waals surface area (Å²) in [5.74, 6) is 0. The molecule has 0 aliphatic rings. The van der Waals surface area contributed by atoms with Crippen LogP contribution in [0.4, 0.5) is 4.39 Å². The molecule has 2 rings (SSSR count). The SMILES string of the molecule is CCCC(F)(CN)c1ccc2[nH]ccc2c1. The van der Waals surface area contributed by atoms with Crippen molar-refractivity contribution in [1.82, 2.24) is 4.98 Å². The highest BCUT2D eigenvalue weighted by atomic mass is 19.1. The largest absolute Gasteiger partial charge is 0.361 e. The Morgan fingerprint density at radius 3 is 2.88 bits per heavy atom. The number of rotatable bonds is 4. The Morgan fingerprint density at radius 2 is 2.19 bits per heavy atom. The van der Waals surface area contributed by atoms with E-state index in [-0.39, 0.29) is 6.54 Å². The molecule has 0 amide bonds. The summed E-state index contributed by atoms with van der Waals surface area (Å²) in [5.41, 5.74) is 5.88. The number of benzene rings is 1. The van der Waals surface area contributed by atoms with Gasteiger partial charge in [0.25, 0.3) is 0 Å². The van der Waals surface area contributed by atoms with E-state index in [0.717, 1.165) is 17.3 Å². The van der Waals surface area contributed by atoms with Gasteiger partial charge < -0.3 is 10.7 Å². The molecule has 2 nitrogen and oxygen atoms in total. The van der Waals surface area contributed by atoms with Gasteiger partial charge in [0.2, 0.25) is 0 Å². The van der Waals surface area contributed by atoms with Gasteiger partial charge in [-0.15, -0.1) is 0 Å². The van der Waals surface area contributed by atoms with Crippen LogP contribution < -0.4 is 5.73 Å². The normalized spacial score (nSPS) is 15.2. The lowest BCUT2D eigenvalue weighted by Gasteiger charge is -2.23. The molecule has 0 saturated carbocycles. The molecule has 2 aromatic rings. The van der Waals surface area contributed by atoms with Crippen LogP contribution in [0.5, 0.6) is 0 Å². The summed E-state index contributed by atoms with van der Waals surface area (Å²) in [7, 11) is 0. The third-order valence-electron chi connectivity index (χ3n) is 3.04. The van der Waals surface area contributed by atoms with Crippen LogP contribution in [0.2, 0.25) is 0 Å². The zero-order valence-corrected chi connectivity index (χ0v) is 9.46. The fourth-order valence-corrected chi connectivity index (χ4v) is 2.09. The number of fused-ring (bicyclic) bond motifs is 1. The van der Waals surface area contributed by atoms with Crippen LogP contribution in [-0.2, 0) is 5.67 Å². The molecule has 3 heteroatoms. The topological polar surface area (TPSA) is 41.8 Å². The molecule has 0 aliphatic heterocycles. The van der Waals surface area contributed by atoms with Gasteiger partial charge in [-0.1, -0.05) is 19.4 Å². The Bertz CT molecular complexity index is 477. The first-order valence-electron chi connectivity index (χ1n) is 5.66. The van der Waals surface area contributed by atoms with Crippen molar-refractivity contribution in [2.45, 2.75) is 25.4 Å². The number of aromatic nitrogens is 1. The van der Waals surface area contributed by atoms with Crippen molar-refractivity contribution in [3.05, 3.63) is 36.0 Å². The molecule has 3 N–H and O–H groups in total. The Balaban J connectivity index is 2.44. The van der Waals surface area contributed by atoms with Crippen molar-refractivity contribution in [1.29, 1.82) is 0 Å². The molecule has 0 aliphatic carbocycles. The molecule has 1 heterocycles. The summed E-state index contributed by atoms with van der Waals surface area (Å²) in [6.07, 6.45) is 3.12. The molecule has 0 fully saturated rings. The highest BCUT2D eigenvalue weighted by molar-refractivity contribution is 5.80. The summed E-state index contributed by atoms with van der Waals surface area (Å²) >= 11 is 0. The van der Waals surface area contributed by atoms with E-state index in [1.807, 2.05) is 37.4 Å². The van der Waals surface area contributed by atoms with Gasteiger partial charge in [0.15, 0.2) is 0 Å². The molecule has 1 atom stereocenters. The highest BCUT2D eigenvalue weighted by Gasteiger charge is 2.29. The minimum atomic E-state index is -1.39. The number of hydrogen-bond acceptors (Lipinski definition) is 1. The molecule has 0 spiro atoms. The second-order valence-electron chi connectivity index (χ2n) is 4.20. The smallest absolute Gasteiger partial charge is 0.148 e. The molecular formula is C13H17FN2. The lowest BCUT2D eigenvalue weighted by Crippen LogP contribution is -2.30. The standard InChI is InChI=1S/C13H17FN2/c1-2-6-13(14,9-15)11-3-4-12-10(8-11)5-7-16-12/h3-5,7-8,16H,2,6,9,15H2,1H3. The van der Waals surface area contributed by atoms with E-state index in [9.17, 15) is 4.39 Å². The van der Waals surface area contributed by atoms with E-state index < -0.39 is 5.67 Å². The predicted octanol–water partition coefficient (Wildman–Crippen LogP) is 3.09. The Morgan fingerprint density at radius 1 is 1.38 bits per heavy atom. The number of alkyl halides is 1. The summed E-state index contributed by atoms with van der Waals surface area (Å²) in [4.78, 5) is 3.09. The number of H-pyrrole nitrogens is 1. The molecule has 16 heavy (non-hydrogen) atoms. The van der Waals surface area contributed by atoms with Gasteiger partial charge in [-0.2, -0.15) is 0 Å². The summed E-state index contributed by atoms with van der Waals surface area (Å²) in [5, 5.41) is 1.03. The van der Waals surface area contributed by atoms with E-state index >= 15 is 0 Å². The van der Waals surface area contributed by atoms with E-state index in [1.54, 1.807) is 0 Å². The van der Waals surface area contributed by atoms with Gasteiger partial charge in [-0.3, -0.25) is 0 Å². The molecule has 1 unspecified atom stereocenters. The summed E-state index contributed by atoms with van der Waals surface area (Å²) in [6.45, 7) is 2.01. The number of nitrogens with one attached hydrogen (secondary N) is 1. The van der Waals surface area contributed by atoms with E-state index in [0.29, 0.717) is 12.0 Å². The number of hydrogen-bond donors (Lipinski definition) is 2. The van der Waals surface area contributed by atoms with Crippen LogP contribution in [0.25, 0.3) is 10.9 Å². The molecule has 1 aromatic heterocycles. The average molecular weight is 220 g/mol. The van der Waals surface area contributed by atoms with Crippen molar-refractivity contribution >= 4 is 10.9 Å². The maximum atomic E-state index is 14.6. The summed E-state index contributed by atoms with van der Waals surface area (Å²) in [6, 6.07) is 7.56. The third kappa shape index (κ3) is 1.83. The second kappa shape index (κ2) is 4.26. The van der Waals surface area contributed by atoms with Crippen LogP contribution in [0, 0.1) is 0 Å². The van der Waals surface area contributed by atoms with E-state index in [1.165, 1.54) is 0 Å². The fraction of sp³-hybridized carbons (Fsp3) is 0.385. The maximum Gasteiger partial charge on any atom is 0.148 e. The molecule has 0 bridgehead atoms. The molecule has 0 saturated heterocycles. The quantitative estimate of drug-likeness (QED) is 0.816. The van der Waals surface area contributed by atoms with Crippen LogP contribution in [0.1, 0.15) is 25.3 Å². The Hall–Kier alpha value is -1.35.